The Morgan fingerprint density at radius 2 is 1.41 bits per heavy atom. The summed E-state index contributed by atoms with van der Waals surface area (Å²) in [5.41, 5.74) is -1.31. The maximum Gasteiger partial charge on any atom is 0.432 e. The second-order valence-electron chi connectivity index (χ2n) is 7.59. The highest BCUT2D eigenvalue weighted by Gasteiger charge is 2.41. The normalized spacial score (nSPS) is 11.9. The highest BCUT2D eigenvalue weighted by Crippen LogP contribution is 2.37. The molecule has 0 heterocycles. The number of unbranched alkanes of at least 4 members (excludes halogenated alkanes) is 4. The molecule has 0 atom stereocenters. The highest BCUT2D eigenvalue weighted by atomic mass is 19.3. The van der Waals surface area contributed by atoms with E-state index in [2.05, 4.69) is 11.7 Å². The Balaban J connectivity index is 1.82. The van der Waals surface area contributed by atoms with E-state index in [0.717, 1.165) is 56.0 Å². The van der Waals surface area contributed by atoms with Crippen LogP contribution in [0.15, 0.2) is 36.4 Å². The summed E-state index contributed by atoms with van der Waals surface area (Å²) >= 11 is 0. The average molecular weight is 458 g/mol. The molecule has 8 heteroatoms. The van der Waals surface area contributed by atoms with Gasteiger partial charge in [-0.1, -0.05) is 32.6 Å². The third-order valence-electron chi connectivity index (χ3n) is 5.15. The largest absolute Gasteiger partial charge is 0.432 e. The standard InChI is InChI=1S/C24H21F7O/c1-2-3-4-5-6-7-14-10-18(25)21(19(26)11-14)24(30,31)32-16-8-9-17-15(12-16)13-20(27)23(29)22(17)28/h8-13H,2-7H2,1H3. The van der Waals surface area contributed by atoms with Crippen LogP contribution in [0.25, 0.3) is 10.8 Å². The number of hydrogen-bond donors (Lipinski definition) is 0. The van der Waals surface area contributed by atoms with E-state index in [0.29, 0.717) is 18.9 Å². The molecule has 0 saturated heterocycles. The van der Waals surface area contributed by atoms with E-state index in [-0.39, 0.29) is 16.3 Å². The Morgan fingerprint density at radius 1 is 0.750 bits per heavy atom. The fourth-order valence-corrected chi connectivity index (χ4v) is 3.53. The molecule has 0 amide bonds. The van der Waals surface area contributed by atoms with E-state index < -0.39 is 46.5 Å². The lowest BCUT2D eigenvalue weighted by Crippen LogP contribution is -2.25. The van der Waals surface area contributed by atoms with Crippen molar-refractivity contribution in [1.82, 2.24) is 0 Å². The molecule has 0 saturated carbocycles. The Morgan fingerprint density at radius 3 is 2.06 bits per heavy atom. The van der Waals surface area contributed by atoms with Gasteiger partial charge in [-0.2, -0.15) is 8.78 Å². The first-order valence-corrected chi connectivity index (χ1v) is 10.3. The first-order chi connectivity index (χ1) is 15.1. The molecule has 1 nitrogen and oxygen atoms in total. The molecule has 0 aliphatic carbocycles. The van der Waals surface area contributed by atoms with Crippen molar-refractivity contribution in [2.45, 2.75) is 51.6 Å². The van der Waals surface area contributed by atoms with Gasteiger partial charge in [0.05, 0.1) is 0 Å². The lowest BCUT2D eigenvalue weighted by atomic mass is 10.0. The van der Waals surface area contributed by atoms with Gasteiger partial charge in [-0.25, -0.2) is 22.0 Å². The summed E-state index contributed by atoms with van der Waals surface area (Å²) in [6.45, 7) is 2.06. The van der Waals surface area contributed by atoms with Gasteiger partial charge < -0.3 is 4.74 Å². The Hall–Kier alpha value is -2.77. The molecule has 0 unspecified atom stereocenters. The fraction of sp³-hybridized carbons (Fsp3) is 0.333. The van der Waals surface area contributed by atoms with Crippen LogP contribution in [-0.4, -0.2) is 0 Å². The third-order valence-corrected chi connectivity index (χ3v) is 5.15. The van der Waals surface area contributed by atoms with Crippen LogP contribution in [-0.2, 0) is 12.5 Å². The van der Waals surface area contributed by atoms with Crippen LogP contribution in [0.3, 0.4) is 0 Å². The summed E-state index contributed by atoms with van der Waals surface area (Å²) in [4.78, 5) is 0. The van der Waals surface area contributed by atoms with Crippen molar-refractivity contribution in [3.8, 4) is 5.75 Å². The minimum atomic E-state index is -4.40. The molecule has 0 aliphatic rings. The second kappa shape index (κ2) is 9.79. The van der Waals surface area contributed by atoms with Gasteiger partial charge in [0, 0.05) is 5.39 Å². The van der Waals surface area contributed by atoms with Crippen molar-refractivity contribution in [3.05, 3.63) is 76.6 Å². The molecule has 0 N–H and O–H groups in total. The predicted molar refractivity (Wildman–Crippen MR) is 107 cm³/mol. The summed E-state index contributed by atoms with van der Waals surface area (Å²) in [6, 6.07) is 4.92. The number of aryl methyl sites for hydroxylation is 1. The molecular formula is C24H21F7O. The molecule has 3 aromatic rings. The van der Waals surface area contributed by atoms with Crippen molar-refractivity contribution in [2.75, 3.05) is 0 Å². The molecule has 0 spiro atoms. The van der Waals surface area contributed by atoms with Gasteiger partial charge in [-0.3, -0.25) is 0 Å². The van der Waals surface area contributed by atoms with Gasteiger partial charge in [-0.15, -0.1) is 0 Å². The number of benzene rings is 3. The summed E-state index contributed by atoms with van der Waals surface area (Å²) in [6.07, 6.45) is 0.569. The van der Waals surface area contributed by atoms with Crippen molar-refractivity contribution in [1.29, 1.82) is 0 Å². The quantitative estimate of drug-likeness (QED) is 0.179. The summed E-state index contributed by atoms with van der Waals surface area (Å²) < 4.78 is 103. The van der Waals surface area contributed by atoms with Crippen LogP contribution < -0.4 is 4.74 Å². The average Bonchev–Trinajstić information content (AvgIpc) is 2.71. The molecule has 3 rings (SSSR count). The first kappa shape index (κ1) is 23.9. The van der Waals surface area contributed by atoms with Crippen molar-refractivity contribution < 1.29 is 35.5 Å². The zero-order valence-electron chi connectivity index (χ0n) is 17.3. The van der Waals surface area contributed by atoms with E-state index in [4.69, 9.17) is 0 Å². The van der Waals surface area contributed by atoms with Crippen LogP contribution in [0.2, 0.25) is 0 Å². The smallest absolute Gasteiger partial charge is 0.429 e. The second-order valence-corrected chi connectivity index (χ2v) is 7.59. The molecule has 0 bridgehead atoms. The number of hydrogen-bond acceptors (Lipinski definition) is 1. The number of alkyl halides is 2. The minimum absolute atomic E-state index is 0.255. The van der Waals surface area contributed by atoms with E-state index >= 15 is 0 Å². The molecule has 0 aromatic heterocycles. The monoisotopic (exact) mass is 458 g/mol. The lowest BCUT2D eigenvalue weighted by molar-refractivity contribution is -0.189. The molecule has 0 radical (unpaired) electrons. The van der Waals surface area contributed by atoms with E-state index in [1.165, 1.54) is 0 Å². The zero-order valence-corrected chi connectivity index (χ0v) is 17.3. The molecule has 3 aromatic carbocycles. The first-order valence-electron chi connectivity index (χ1n) is 10.3. The molecule has 172 valence electrons. The number of ether oxygens (including phenoxy) is 1. The summed E-state index contributed by atoms with van der Waals surface area (Å²) in [5.74, 6) is -8.23. The molecular weight excluding hydrogens is 437 g/mol. The van der Waals surface area contributed by atoms with Gasteiger partial charge in [0.15, 0.2) is 17.5 Å². The van der Waals surface area contributed by atoms with Crippen LogP contribution in [0, 0.1) is 29.1 Å². The Kier molecular flexibility index (Phi) is 7.31. The highest BCUT2D eigenvalue weighted by molar-refractivity contribution is 5.84. The van der Waals surface area contributed by atoms with Gasteiger partial charge in [0.25, 0.3) is 0 Å². The fourth-order valence-electron chi connectivity index (χ4n) is 3.53. The van der Waals surface area contributed by atoms with Crippen molar-refractivity contribution in [3.63, 3.8) is 0 Å². The summed E-state index contributed by atoms with van der Waals surface area (Å²) in [5, 5.41) is -0.616. The minimum Gasteiger partial charge on any atom is -0.429 e. The Bertz CT molecular complexity index is 1090. The van der Waals surface area contributed by atoms with E-state index in [9.17, 15) is 30.7 Å². The predicted octanol–water partition coefficient (Wildman–Crippen LogP) is 8.18. The third kappa shape index (κ3) is 5.16. The summed E-state index contributed by atoms with van der Waals surface area (Å²) in [7, 11) is 0. The number of fused-ring (bicyclic) bond motifs is 1. The van der Waals surface area contributed by atoms with Crippen LogP contribution in [0.1, 0.15) is 50.2 Å². The van der Waals surface area contributed by atoms with Crippen LogP contribution in [0.5, 0.6) is 5.75 Å². The van der Waals surface area contributed by atoms with Gasteiger partial charge in [0.2, 0.25) is 0 Å². The SMILES string of the molecule is CCCCCCCc1cc(F)c(C(F)(F)Oc2ccc3c(F)c(F)c(F)cc3c2)c(F)c1. The molecule has 0 aliphatic heterocycles. The Labute approximate surface area is 180 Å². The molecule has 0 fully saturated rings. The number of halogens is 7. The van der Waals surface area contributed by atoms with Gasteiger partial charge >= 0.3 is 6.11 Å². The number of rotatable bonds is 9. The maximum absolute atomic E-state index is 14.6. The van der Waals surface area contributed by atoms with Gasteiger partial charge in [-0.05, 0) is 60.2 Å². The zero-order chi connectivity index (χ0) is 23.5. The van der Waals surface area contributed by atoms with Crippen molar-refractivity contribution in [2.24, 2.45) is 0 Å². The lowest BCUT2D eigenvalue weighted by Gasteiger charge is -2.20. The van der Waals surface area contributed by atoms with E-state index in [1.807, 2.05) is 0 Å². The van der Waals surface area contributed by atoms with Crippen LogP contribution >= 0.6 is 0 Å². The maximum atomic E-state index is 14.6. The molecule has 32 heavy (non-hydrogen) atoms. The van der Waals surface area contributed by atoms with Crippen LogP contribution in [0.4, 0.5) is 30.7 Å². The van der Waals surface area contributed by atoms with Gasteiger partial charge in [0.1, 0.15) is 22.9 Å². The van der Waals surface area contributed by atoms with E-state index in [1.54, 1.807) is 0 Å². The topological polar surface area (TPSA) is 9.23 Å². The van der Waals surface area contributed by atoms with Crippen molar-refractivity contribution >= 4 is 10.8 Å².